The summed E-state index contributed by atoms with van der Waals surface area (Å²) in [4.78, 5) is 2.96. The molecule has 0 saturated carbocycles. The predicted molar refractivity (Wildman–Crippen MR) is 268 cm³/mol. The smallest absolute Gasteiger partial charge is 0.0657 e. The van der Waals surface area contributed by atoms with Crippen LogP contribution in [-0.2, 0) is 32.5 Å². The number of benzene rings is 4. The molecule has 5 rings (SSSR count). The Morgan fingerprint density at radius 1 is 0.362 bits per heavy atom. The third-order valence-electron chi connectivity index (χ3n) is 11.3. The second-order valence-corrected chi connectivity index (χ2v) is 26.7. The maximum absolute atomic E-state index is 4.37. The molecule has 0 bridgehead atoms. The Labute approximate surface area is 373 Å². The molecule has 0 aliphatic heterocycles. The first-order chi connectivity index (χ1) is 26.4. The van der Waals surface area contributed by atoms with E-state index in [4.69, 9.17) is 0 Å². The highest BCUT2D eigenvalue weighted by Gasteiger charge is 2.34. The minimum atomic E-state index is -0.0463. The van der Waals surface area contributed by atoms with Crippen LogP contribution in [0.2, 0.25) is 0 Å². The van der Waals surface area contributed by atoms with Gasteiger partial charge in [-0.1, -0.05) is 258 Å². The Bertz CT molecular complexity index is 2110. The van der Waals surface area contributed by atoms with Crippen molar-refractivity contribution in [2.75, 3.05) is 0 Å². The van der Waals surface area contributed by atoms with E-state index >= 15 is 0 Å². The summed E-state index contributed by atoms with van der Waals surface area (Å²) in [7, 11) is 2.53. The molecular formula is C54H70Br2P2. The fraction of sp³-hybridized carbons (Fsp3) is 0.481. The molecule has 0 aromatic heterocycles. The van der Waals surface area contributed by atoms with Gasteiger partial charge in [-0.25, -0.2) is 0 Å². The molecular weight excluding hydrogens is 870 g/mol. The second kappa shape index (κ2) is 16.7. The average Bonchev–Trinajstić information content (AvgIpc) is 3.09. The van der Waals surface area contributed by atoms with Crippen LogP contribution in [0.4, 0.5) is 0 Å². The minimum absolute atomic E-state index is 0.0337. The Morgan fingerprint density at radius 3 is 0.810 bits per heavy atom. The van der Waals surface area contributed by atoms with Crippen LogP contribution in [-0.4, -0.2) is 0 Å². The summed E-state index contributed by atoms with van der Waals surface area (Å²) in [5, 5.41) is 2.92. The predicted octanol–water partition coefficient (Wildman–Crippen LogP) is 16.9. The van der Waals surface area contributed by atoms with E-state index in [2.05, 4.69) is 241 Å². The summed E-state index contributed by atoms with van der Waals surface area (Å²) in [5.74, 6) is 0. The zero-order valence-corrected chi connectivity index (χ0v) is 43.8. The van der Waals surface area contributed by atoms with E-state index in [0.29, 0.717) is 0 Å². The number of hydrogen-bond donors (Lipinski definition) is 0. The van der Waals surface area contributed by atoms with Crippen LogP contribution in [0.15, 0.2) is 84.9 Å². The van der Waals surface area contributed by atoms with E-state index in [1.807, 2.05) is 0 Å². The molecule has 58 heavy (non-hydrogen) atoms. The zero-order valence-electron chi connectivity index (χ0n) is 38.9. The van der Waals surface area contributed by atoms with E-state index in [1.165, 1.54) is 92.5 Å². The molecule has 0 radical (unpaired) electrons. The van der Waals surface area contributed by atoms with E-state index in [9.17, 15) is 0 Å². The molecule has 0 heterocycles. The van der Waals surface area contributed by atoms with Crippen molar-refractivity contribution < 1.29 is 0 Å². The van der Waals surface area contributed by atoms with Crippen LogP contribution >= 0.6 is 48.3 Å². The molecule has 5 aromatic carbocycles. The Kier molecular flexibility index (Phi) is 13.5. The maximum atomic E-state index is 4.37. The van der Waals surface area contributed by atoms with E-state index in [1.54, 1.807) is 0 Å². The lowest BCUT2D eigenvalue weighted by atomic mass is 9.75. The van der Waals surface area contributed by atoms with E-state index in [0.717, 1.165) is 0 Å². The molecule has 2 atom stereocenters. The third kappa shape index (κ3) is 10.2. The van der Waals surface area contributed by atoms with Crippen LogP contribution in [0, 0.1) is 9.88 Å². The lowest BCUT2D eigenvalue weighted by Crippen LogP contribution is -2.30. The van der Waals surface area contributed by atoms with Crippen LogP contribution < -0.4 is 10.6 Å². The fourth-order valence-electron chi connectivity index (χ4n) is 7.65. The number of hydrogen-bond acceptors (Lipinski definition) is 0. The molecule has 310 valence electrons. The Hall–Kier alpha value is -2.08. The quantitative estimate of drug-likeness (QED) is 0.118. The highest BCUT2D eigenvalue weighted by atomic mass is 79.9. The molecule has 0 fully saturated rings. The Morgan fingerprint density at radius 2 is 0.603 bits per heavy atom. The van der Waals surface area contributed by atoms with E-state index in [-0.39, 0.29) is 42.1 Å². The largest absolute Gasteiger partial charge is 0.0786 e. The summed E-state index contributed by atoms with van der Waals surface area (Å²) in [6, 6.07) is 32.2. The lowest BCUT2D eigenvalue weighted by Gasteiger charge is -2.34. The van der Waals surface area contributed by atoms with Gasteiger partial charge >= 0.3 is 0 Å². The summed E-state index contributed by atoms with van der Waals surface area (Å²) in [6.07, 6.45) is 0. The Balaban J connectivity index is 2.12. The highest BCUT2D eigenvalue weighted by Crippen LogP contribution is 2.49. The summed E-state index contributed by atoms with van der Waals surface area (Å²) < 4.78 is 0. The van der Waals surface area contributed by atoms with Gasteiger partial charge in [-0.3, -0.25) is 0 Å². The summed E-state index contributed by atoms with van der Waals surface area (Å²) in [5.41, 5.74) is 13.9. The number of alkyl halides is 2. The first-order valence-electron chi connectivity index (χ1n) is 21.1. The topological polar surface area (TPSA) is 0 Å². The van der Waals surface area contributed by atoms with Crippen LogP contribution in [0.1, 0.15) is 190 Å². The molecule has 5 aromatic rings. The van der Waals surface area contributed by atoms with Crippen molar-refractivity contribution in [3.05, 3.63) is 150 Å². The van der Waals surface area contributed by atoms with Crippen molar-refractivity contribution >= 4 is 58.9 Å². The number of halogens is 2. The SMILES string of the molecule is CC(C)(C)c1cc(C(C)(C)C)c(P=c2c(C(Br)c3ccccc3)c(C(Br)c3ccccc3)c2=Pc2c(C(C)(C)C)cc(C(C)(C)C)cc2C(C)(C)C)c(C(C)(C)C)c1. The van der Waals surface area contributed by atoms with Gasteiger partial charge in [0, 0.05) is 20.5 Å². The van der Waals surface area contributed by atoms with Crippen molar-refractivity contribution in [3.8, 4) is 0 Å². The molecule has 0 aliphatic rings. The van der Waals surface area contributed by atoms with Crippen LogP contribution in [0.3, 0.4) is 0 Å². The van der Waals surface area contributed by atoms with Gasteiger partial charge in [-0.05, 0) is 88.1 Å². The first-order valence-corrected chi connectivity index (χ1v) is 24.7. The van der Waals surface area contributed by atoms with Gasteiger partial charge in [-0.2, -0.15) is 0 Å². The van der Waals surface area contributed by atoms with Crippen molar-refractivity contribution in [1.82, 2.24) is 0 Å². The van der Waals surface area contributed by atoms with Gasteiger partial charge in [0.1, 0.15) is 0 Å². The van der Waals surface area contributed by atoms with Gasteiger partial charge in [0.05, 0.1) is 9.65 Å². The lowest BCUT2D eigenvalue weighted by molar-refractivity contribution is 0.553. The average molecular weight is 941 g/mol. The fourth-order valence-corrected chi connectivity index (χ4v) is 13.6. The van der Waals surface area contributed by atoms with Crippen LogP contribution in [0.25, 0.3) is 0 Å². The van der Waals surface area contributed by atoms with Crippen molar-refractivity contribution in [1.29, 1.82) is 0 Å². The molecule has 0 aliphatic carbocycles. The third-order valence-corrected chi connectivity index (χ3v) is 16.3. The van der Waals surface area contributed by atoms with Crippen molar-refractivity contribution in [2.45, 2.75) is 167 Å². The highest BCUT2D eigenvalue weighted by molar-refractivity contribution is 9.09. The molecule has 0 saturated heterocycles. The molecule has 4 heteroatoms. The number of rotatable bonds is 6. The molecule has 0 spiro atoms. The first kappa shape index (κ1) is 47.0. The van der Waals surface area contributed by atoms with Gasteiger partial charge in [-0.15, -0.1) is 0 Å². The maximum Gasteiger partial charge on any atom is 0.0657 e. The second-order valence-electron chi connectivity index (χ2n) is 22.6. The van der Waals surface area contributed by atoms with Gasteiger partial charge in [0.15, 0.2) is 0 Å². The van der Waals surface area contributed by atoms with E-state index < -0.39 is 0 Å². The normalized spacial score (nSPS) is 15.3. The van der Waals surface area contributed by atoms with Crippen molar-refractivity contribution in [2.24, 2.45) is 0 Å². The van der Waals surface area contributed by atoms with Gasteiger partial charge in [0.25, 0.3) is 0 Å². The molecule has 0 nitrogen and oxygen atoms in total. The zero-order chi connectivity index (χ0) is 43.6. The van der Waals surface area contributed by atoms with Crippen molar-refractivity contribution in [3.63, 3.8) is 0 Å². The summed E-state index contributed by atoms with van der Waals surface area (Å²) >= 11 is 8.74. The van der Waals surface area contributed by atoms with Crippen LogP contribution in [0.5, 0.6) is 0 Å². The monoisotopic (exact) mass is 938 g/mol. The standard InChI is InChI=1S/C54H70Br2P2/c1-49(2,3)35-29-37(51(7,8)9)45(38(30-35)52(10,11)12)57-47-41(43(55)33-25-21-19-22-26-33)42(44(56)34-27-23-20-24-28-34)48(47)58-46-39(53(13,14)15)31-36(50(4,5)6)32-40(46)54(16,17)18/h19-32,43-44H,1-18H3. The summed E-state index contributed by atoms with van der Waals surface area (Å²) in [6.45, 7) is 43.0. The molecule has 2 unspecified atom stereocenters. The minimum Gasteiger partial charge on any atom is -0.0786 e. The molecule has 0 amide bonds. The van der Waals surface area contributed by atoms with Gasteiger partial charge in [0.2, 0.25) is 0 Å². The molecule has 0 N–H and O–H groups in total. The van der Waals surface area contributed by atoms with Gasteiger partial charge < -0.3 is 0 Å².